The molecule has 2 fully saturated rings. The zero-order valence-electron chi connectivity index (χ0n) is 20.1. The van der Waals surface area contributed by atoms with Crippen molar-refractivity contribution in [2.75, 3.05) is 5.32 Å². The number of hydrogen-bond acceptors (Lipinski definition) is 5. The normalized spacial score (nSPS) is 17.3. The summed E-state index contributed by atoms with van der Waals surface area (Å²) >= 11 is 0. The number of hydrogen-bond donors (Lipinski definition) is 2. The van der Waals surface area contributed by atoms with Crippen LogP contribution in [0.15, 0.2) is 53.2 Å². The second kappa shape index (κ2) is 10.4. The standard InChI is InChI=1S/C27H27F3N4O3/c28-27(29,30)23-12-11-20(15-31-23)32-25(35)19-8-4-7-18(13-19)24(17-5-2-1-3-6-17)33-26(36)21-14-22(37-34-21)16-9-10-16/h4,7-8,11-17,24H,1-3,5-6,9-10H2,(H,32,35)(H,33,36). The van der Waals surface area contributed by atoms with E-state index in [2.05, 4.69) is 20.8 Å². The molecule has 0 bridgehead atoms. The van der Waals surface area contributed by atoms with E-state index in [-0.39, 0.29) is 29.2 Å². The molecule has 2 amide bonds. The second-order valence-electron chi connectivity index (χ2n) is 9.75. The summed E-state index contributed by atoms with van der Waals surface area (Å²) in [6.07, 6.45) is 3.67. The van der Waals surface area contributed by atoms with Gasteiger partial charge in [-0.05, 0) is 61.4 Å². The highest BCUT2D eigenvalue weighted by Gasteiger charge is 2.33. The van der Waals surface area contributed by atoms with E-state index in [1.807, 2.05) is 6.07 Å². The number of amides is 2. The SMILES string of the molecule is O=C(Nc1ccc(C(F)(F)F)nc1)c1cccc(C(NC(=O)c2cc(C3CC3)on2)C2CCCCC2)c1. The van der Waals surface area contributed by atoms with Crippen molar-refractivity contribution < 1.29 is 27.3 Å². The van der Waals surface area contributed by atoms with Gasteiger partial charge in [0.05, 0.1) is 17.9 Å². The van der Waals surface area contributed by atoms with Crippen LogP contribution in [0.4, 0.5) is 18.9 Å². The summed E-state index contributed by atoms with van der Waals surface area (Å²) < 4.78 is 43.7. The lowest BCUT2D eigenvalue weighted by molar-refractivity contribution is -0.141. The largest absolute Gasteiger partial charge is 0.433 e. The molecule has 2 saturated carbocycles. The van der Waals surface area contributed by atoms with Crippen molar-refractivity contribution in [2.45, 2.75) is 63.1 Å². The first kappa shape index (κ1) is 25.0. The van der Waals surface area contributed by atoms with E-state index in [4.69, 9.17) is 4.52 Å². The van der Waals surface area contributed by atoms with Crippen molar-refractivity contribution in [1.82, 2.24) is 15.5 Å². The number of alkyl halides is 3. The van der Waals surface area contributed by atoms with Crippen molar-refractivity contribution in [1.29, 1.82) is 0 Å². The highest BCUT2D eigenvalue weighted by Crippen LogP contribution is 2.40. The summed E-state index contributed by atoms with van der Waals surface area (Å²) in [5.41, 5.74) is 0.466. The first-order chi connectivity index (χ1) is 17.8. The van der Waals surface area contributed by atoms with Crippen LogP contribution in [0.2, 0.25) is 0 Å². The smallest absolute Gasteiger partial charge is 0.360 e. The Kier molecular flexibility index (Phi) is 6.99. The van der Waals surface area contributed by atoms with E-state index in [0.717, 1.165) is 74.6 Å². The highest BCUT2D eigenvalue weighted by molar-refractivity contribution is 6.04. The van der Waals surface area contributed by atoms with E-state index in [9.17, 15) is 22.8 Å². The molecule has 2 heterocycles. The number of aromatic nitrogens is 2. The van der Waals surface area contributed by atoms with Gasteiger partial charge in [0.25, 0.3) is 11.8 Å². The lowest BCUT2D eigenvalue weighted by Crippen LogP contribution is -2.34. The lowest BCUT2D eigenvalue weighted by Gasteiger charge is -2.31. The molecule has 10 heteroatoms. The number of carbonyl (C=O) groups excluding carboxylic acids is 2. The highest BCUT2D eigenvalue weighted by atomic mass is 19.4. The van der Waals surface area contributed by atoms with Crippen molar-refractivity contribution in [3.8, 4) is 0 Å². The van der Waals surface area contributed by atoms with Gasteiger partial charge in [-0.2, -0.15) is 13.2 Å². The summed E-state index contributed by atoms with van der Waals surface area (Å²) in [5.74, 6) is 0.471. The van der Waals surface area contributed by atoms with Crippen molar-refractivity contribution in [2.24, 2.45) is 5.92 Å². The van der Waals surface area contributed by atoms with Gasteiger partial charge >= 0.3 is 6.18 Å². The van der Waals surface area contributed by atoms with Gasteiger partial charge < -0.3 is 15.2 Å². The van der Waals surface area contributed by atoms with E-state index in [0.29, 0.717) is 11.5 Å². The molecular weight excluding hydrogens is 485 g/mol. The molecule has 2 N–H and O–H groups in total. The summed E-state index contributed by atoms with van der Waals surface area (Å²) in [4.78, 5) is 29.4. The summed E-state index contributed by atoms with van der Waals surface area (Å²) in [5, 5.41) is 9.66. The molecule has 7 nitrogen and oxygen atoms in total. The minimum Gasteiger partial charge on any atom is -0.360 e. The molecule has 0 aliphatic heterocycles. The Bertz CT molecular complexity index is 1260. The maximum absolute atomic E-state index is 13.1. The van der Waals surface area contributed by atoms with Crippen LogP contribution in [0.1, 0.15) is 94.8 Å². The summed E-state index contributed by atoms with van der Waals surface area (Å²) in [6.45, 7) is 0. The number of benzene rings is 1. The van der Waals surface area contributed by atoms with Crippen LogP contribution < -0.4 is 10.6 Å². The molecule has 0 saturated heterocycles. The zero-order valence-corrected chi connectivity index (χ0v) is 20.1. The molecule has 1 unspecified atom stereocenters. The lowest BCUT2D eigenvalue weighted by atomic mass is 9.80. The van der Waals surface area contributed by atoms with Crippen molar-refractivity contribution in [3.63, 3.8) is 0 Å². The quantitative estimate of drug-likeness (QED) is 0.389. The minimum absolute atomic E-state index is 0.151. The van der Waals surface area contributed by atoms with Crippen molar-refractivity contribution in [3.05, 3.63) is 76.9 Å². The van der Waals surface area contributed by atoms with Gasteiger partial charge in [-0.15, -0.1) is 0 Å². The van der Waals surface area contributed by atoms with Crippen LogP contribution in [0.3, 0.4) is 0 Å². The molecule has 1 atom stereocenters. The van der Waals surface area contributed by atoms with Gasteiger partial charge in [0, 0.05) is 17.5 Å². The predicted molar refractivity (Wildman–Crippen MR) is 129 cm³/mol. The molecule has 37 heavy (non-hydrogen) atoms. The van der Waals surface area contributed by atoms with Crippen LogP contribution in [-0.4, -0.2) is 22.0 Å². The van der Waals surface area contributed by atoms with Crippen LogP contribution in [0, 0.1) is 5.92 Å². The summed E-state index contributed by atoms with van der Waals surface area (Å²) in [7, 11) is 0. The molecule has 2 aliphatic carbocycles. The number of anilines is 1. The average molecular weight is 513 g/mol. The van der Waals surface area contributed by atoms with Crippen LogP contribution >= 0.6 is 0 Å². The second-order valence-corrected chi connectivity index (χ2v) is 9.75. The van der Waals surface area contributed by atoms with Gasteiger partial charge in [-0.3, -0.25) is 9.59 Å². The van der Waals surface area contributed by atoms with Crippen molar-refractivity contribution >= 4 is 17.5 Å². The Morgan fingerprint density at radius 3 is 2.43 bits per heavy atom. The molecule has 0 spiro atoms. The van der Waals surface area contributed by atoms with E-state index in [1.165, 1.54) is 0 Å². The van der Waals surface area contributed by atoms with Crippen LogP contribution in [0.25, 0.3) is 0 Å². The molecular formula is C27H27F3N4O3. The Morgan fingerprint density at radius 2 is 1.76 bits per heavy atom. The average Bonchev–Trinajstić information content (AvgIpc) is 3.63. The van der Waals surface area contributed by atoms with E-state index in [1.54, 1.807) is 24.3 Å². The number of nitrogens with one attached hydrogen (secondary N) is 2. The third-order valence-electron chi connectivity index (χ3n) is 6.97. The molecule has 1 aromatic carbocycles. The van der Waals surface area contributed by atoms with Crippen LogP contribution in [-0.2, 0) is 6.18 Å². The fourth-order valence-corrected chi connectivity index (χ4v) is 4.82. The fourth-order valence-electron chi connectivity index (χ4n) is 4.82. The first-order valence-electron chi connectivity index (χ1n) is 12.5. The molecule has 3 aromatic rings. The third kappa shape index (κ3) is 6.00. The zero-order chi connectivity index (χ0) is 26.0. The first-order valence-corrected chi connectivity index (χ1v) is 12.5. The number of nitrogens with zero attached hydrogens (tertiary/aromatic N) is 2. The molecule has 0 radical (unpaired) electrons. The molecule has 194 valence electrons. The number of pyridine rings is 1. The maximum Gasteiger partial charge on any atom is 0.433 e. The van der Waals surface area contributed by atoms with Gasteiger partial charge in [-0.25, -0.2) is 4.98 Å². The van der Waals surface area contributed by atoms with Crippen LogP contribution in [0.5, 0.6) is 0 Å². The number of carbonyl (C=O) groups is 2. The van der Waals surface area contributed by atoms with Gasteiger partial charge in [0.15, 0.2) is 5.69 Å². The van der Waals surface area contributed by atoms with E-state index >= 15 is 0 Å². The fraction of sp³-hybridized carbons (Fsp3) is 0.407. The van der Waals surface area contributed by atoms with Gasteiger partial charge in [-0.1, -0.05) is 36.6 Å². The topological polar surface area (TPSA) is 97.1 Å². The minimum atomic E-state index is -4.55. The van der Waals surface area contributed by atoms with E-state index < -0.39 is 17.8 Å². The molecule has 2 aromatic heterocycles. The molecule has 2 aliphatic rings. The number of rotatable bonds is 7. The molecule has 5 rings (SSSR count). The third-order valence-corrected chi connectivity index (χ3v) is 6.97. The van der Waals surface area contributed by atoms with Gasteiger partial charge in [0.1, 0.15) is 11.5 Å². The Balaban J connectivity index is 1.34. The Hall–Kier alpha value is -3.69. The Labute approximate surface area is 211 Å². The summed E-state index contributed by atoms with van der Waals surface area (Å²) in [6, 6.07) is 10.3. The number of halogens is 3. The predicted octanol–water partition coefficient (Wildman–Crippen LogP) is 6.27. The Morgan fingerprint density at radius 1 is 0.973 bits per heavy atom. The van der Waals surface area contributed by atoms with Gasteiger partial charge in [0.2, 0.25) is 0 Å². The monoisotopic (exact) mass is 512 g/mol. The maximum atomic E-state index is 13.1.